The number of hydrogen-bond donors (Lipinski definition) is 0. The Bertz CT molecular complexity index is 1580. The van der Waals surface area contributed by atoms with Gasteiger partial charge in [-0.25, -0.2) is 0 Å². The van der Waals surface area contributed by atoms with E-state index in [1.54, 1.807) is 24.3 Å². The highest BCUT2D eigenvalue weighted by atomic mass is 32.1. The first-order valence-electron chi connectivity index (χ1n) is 10.9. The molecule has 0 aliphatic heterocycles. The Labute approximate surface area is 198 Å². The molecule has 0 N–H and O–H groups in total. The molecule has 7 nitrogen and oxygen atoms in total. The first-order chi connectivity index (χ1) is 16.5. The van der Waals surface area contributed by atoms with Crippen LogP contribution in [0.5, 0.6) is 5.75 Å². The van der Waals surface area contributed by atoms with Gasteiger partial charge in [0.1, 0.15) is 21.8 Å². The SMILES string of the molecule is CCCOc1ccc(-c2nc3sc(=Cc4ccc(-c5ccc(C(C)=O)cc5)o4)c(=O)n3n2)cc1. The van der Waals surface area contributed by atoms with E-state index < -0.39 is 0 Å². The lowest BCUT2D eigenvalue weighted by atomic mass is 10.1. The Morgan fingerprint density at radius 3 is 2.47 bits per heavy atom. The van der Waals surface area contributed by atoms with Crippen LogP contribution in [0.25, 0.3) is 33.7 Å². The van der Waals surface area contributed by atoms with E-state index in [1.165, 1.54) is 22.8 Å². The molecule has 0 aliphatic rings. The van der Waals surface area contributed by atoms with Gasteiger partial charge in [-0.15, -0.1) is 5.10 Å². The van der Waals surface area contributed by atoms with Crippen molar-refractivity contribution in [2.75, 3.05) is 6.61 Å². The fraction of sp³-hybridized carbons (Fsp3) is 0.154. The van der Waals surface area contributed by atoms with Crippen LogP contribution in [0.3, 0.4) is 0 Å². The van der Waals surface area contributed by atoms with E-state index >= 15 is 0 Å². The lowest BCUT2D eigenvalue weighted by Crippen LogP contribution is -2.23. The summed E-state index contributed by atoms with van der Waals surface area (Å²) in [6.45, 7) is 4.26. The maximum absolute atomic E-state index is 12.9. The number of benzene rings is 2. The number of carbonyl (C=O) groups is 1. The molecule has 5 rings (SSSR count). The molecule has 0 unspecified atom stereocenters. The summed E-state index contributed by atoms with van der Waals surface area (Å²) in [5.74, 6) is 2.50. The topological polar surface area (TPSA) is 86.7 Å². The largest absolute Gasteiger partial charge is 0.494 e. The number of rotatable bonds is 7. The van der Waals surface area contributed by atoms with Gasteiger partial charge in [-0.1, -0.05) is 42.5 Å². The lowest BCUT2D eigenvalue weighted by Gasteiger charge is -2.04. The summed E-state index contributed by atoms with van der Waals surface area (Å²) in [6, 6.07) is 18.4. The second-order valence-corrected chi connectivity index (χ2v) is 8.76. The van der Waals surface area contributed by atoms with Gasteiger partial charge in [0.25, 0.3) is 5.56 Å². The third-order valence-corrected chi connectivity index (χ3v) is 6.20. The number of furan rings is 1. The Balaban J connectivity index is 1.40. The van der Waals surface area contributed by atoms with Crippen LogP contribution in [0.1, 0.15) is 36.4 Å². The number of thiazole rings is 1. The monoisotopic (exact) mass is 471 g/mol. The molecule has 3 heterocycles. The van der Waals surface area contributed by atoms with Crippen molar-refractivity contribution < 1.29 is 13.9 Å². The highest BCUT2D eigenvalue weighted by molar-refractivity contribution is 7.15. The fourth-order valence-electron chi connectivity index (χ4n) is 3.46. The third kappa shape index (κ3) is 4.27. The third-order valence-electron chi connectivity index (χ3n) is 5.24. The van der Waals surface area contributed by atoms with E-state index in [0.717, 1.165) is 23.3 Å². The standard InChI is InChI=1S/C26H21N3O4S/c1-3-14-32-20-10-8-19(9-11-20)24-27-26-29(28-24)25(31)23(34-26)15-21-12-13-22(33-21)18-6-4-17(5-7-18)16(2)30/h4-13,15H,3,14H2,1-2H3. The Kier molecular flexibility index (Phi) is 5.81. The molecule has 2 aromatic carbocycles. The van der Waals surface area contributed by atoms with Crippen molar-refractivity contribution >= 4 is 28.2 Å². The van der Waals surface area contributed by atoms with Gasteiger partial charge in [-0.2, -0.15) is 9.50 Å². The number of hydrogen-bond acceptors (Lipinski definition) is 7. The van der Waals surface area contributed by atoms with Crippen molar-refractivity contribution in [1.29, 1.82) is 0 Å². The molecule has 0 saturated carbocycles. The average Bonchev–Trinajstić information content (AvgIpc) is 3.56. The van der Waals surface area contributed by atoms with E-state index in [2.05, 4.69) is 17.0 Å². The molecule has 0 saturated heterocycles. The molecule has 0 spiro atoms. The van der Waals surface area contributed by atoms with Gasteiger partial charge in [0, 0.05) is 22.8 Å². The molecule has 0 bridgehead atoms. The summed E-state index contributed by atoms with van der Waals surface area (Å²) in [6.07, 6.45) is 2.64. The molecule has 3 aromatic heterocycles. The summed E-state index contributed by atoms with van der Waals surface area (Å²) in [4.78, 5) is 29.4. The number of Topliss-reactive ketones (excluding diaryl/α,β-unsaturated/α-hetero) is 1. The summed E-state index contributed by atoms with van der Waals surface area (Å²) >= 11 is 1.26. The quantitative estimate of drug-likeness (QED) is 0.322. The number of fused-ring (bicyclic) bond motifs is 1. The van der Waals surface area contributed by atoms with Gasteiger partial charge >= 0.3 is 0 Å². The van der Waals surface area contributed by atoms with Crippen LogP contribution in [0.2, 0.25) is 0 Å². The Hall–Kier alpha value is -4.04. The van der Waals surface area contributed by atoms with E-state index in [-0.39, 0.29) is 11.3 Å². The maximum Gasteiger partial charge on any atom is 0.291 e. The van der Waals surface area contributed by atoms with Crippen molar-refractivity contribution in [2.24, 2.45) is 0 Å². The first kappa shape index (κ1) is 21.8. The van der Waals surface area contributed by atoms with Crippen LogP contribution in [-0.2, 0) is 0 Å². The molecule has 34 heavy (non-hydrogen) atoms. The second-order valence-electron chi connectivity index (χ2n) is 7.75. The van der Waals surface area contributed by atoms with Gasteiger partial charge in [-0.05, 0) is 49.7 Å². The molecule has 0 fully saturated rings. The number of nitrogens with zero attached hydrogens (tertiary/aromatic N) is 3. The number of aromatic nitrogens is 3. The zero-order chi connectivity index (χ0) is 23.7. The normalized spacial score (nSPS) is 11.9. The van der Waals surface area contributed by atoms with Crippen LogP contribution in [0.4, 0.5) is 0 Å². The molecule has 0 amide bonds. The van der Waals surface area contributed by atoms with Crippen molar-refractivity contribution in [3.8, 4) is 28.5 Å². The fourth-order valence-corrected chi connectivity index (χ4v) is 4.35. The van der Waals surface area contributed by atoms with Crippen LogP contribution < -0.4 is 14.8 Å². The molecule has 0 atom stereocenters. The lowest BCUT2D eigenvalue weighted by molar-refractivity contribution is 0.101. The van der Waals surface area contributed by atoms with E-state index in [0.29, 0.717) is 39.0 Å². The van der Waals surface area contributed by atoms with Crippen molar-refractivity contribution in [3.05, 3.63) is 86.9 Å². The summed E-state index contributed by atoms with van der Waals surface area (Å²) in [5.41, 5.74) is 2.07. The predicted octanol–water partition coefficient (Wildman–Crippen LogP) is 4.62. The van der Waals surface area contributed by atoms with E-state index in [4.69, 9.17) is 9.15 Å². The zero-order valence-corrected chi connectivity index (χ0v) is 19.5. The van der Waals surface area contributed by atoms with Crippen LogP contribution >= 0.6 is 11.3 Å². The highest BCUT2D eigenvalue weighted by Crippen LogP contribution is 2.24. The number of carbonyl (C=O) groups excluding carboxylic acids is 1. The smallest absolute Gasteiger partial charge is 0.291 e. The summed E-state index contributed by atoms with van der Waals surface area (Å²) in [7, 11) is 0. The van der Waals surface area contributed by atoms with Gasteiger partial charge in [-0.3, -0.25) is 9.59 Å². The molecular weight excluding hydrogens is 450 g/mol. The van der Waals surface area contributed by atoms with Gasteiger partial charge < -0.3 is 9.15 Å². The van der Waals surface area contributed by atoms with Crippen molar-refractivity contribution in [2.45, 2.75) is 20.3 Å². The summed E-state index contributed by atoms with van der Waals surface area (Å²) < 4.78 is 13.3. The van der Waals surface area contributed by atoms with Crippen LogP contribution in [0, 0.1) is 0 Å². The van der Waals surface area contributed by atoms with Gasteiger partial charge in [0.2, 0.25) is 4.96 Å². The van der Waals surface area contributed by atoms with Crippen molar-refractivity contribution in [1.82, 2.24) is 14.6 Å². The number of ether oxygens (including phenoxy) is 1. The molecule has 0 radical (unpaired) electrons. The molecular formula is C26H21N3O4S. The van der Waals surface area contributed by atoms with Crippen LogP contribution in [-0.4, -0.2) is 27.0 Å². The molecule has 5 aromatic rings. The molecule has 8 heteroatoms. The minimum Gasteiger partial charge on any atom is -0.494 e. The molecule has 170 valence electrons. The average molecular weight is 472 g/mol. The van der Waals surface area contributed by atoms with Gasteiger partial charge in [0.05, 0.1) is 6.61 Å². The second kappa shape index (κ2) is 9.07. The first-order valence-corrected chi connectivity index (χ1v) is 11.7. The maximum atomic E-state index is 12.9. The summed E-state index contributed by atoms with van der Waals surface area (Å²) in [5, 5.41) is 4.40. The Morgan fingerprint density at radius 2 is 1.79 bits per heavy atom. The zero-order valence-electron chi connectivity index (χ0n) is 18.6. The Morgan fingerprint density at radius 1 is 1.06 bits per heavy atom. The number of ketones is 1. The van der Waals surface area contributed by atoms with Gasteiger partial charge in [0.15, 0.2) is 11.6 Å². The highest BCUT2D eigenvalue weighted by Gasteiger charge is 2.13. The van der Waals surface area contributed by atoms with E-state index in [1.807, 2.05) is 42.5 Å². The van der Waals surface area contributed by atoms with Crippen LogP contribution in [0.15, 0.2) is 69.9 Å². The predicted molar refractivity (Wildman–Crippen MR) is 131 cm³/mol. The van der Waals surface area contributed by atoms with Crippen molar-refractivity contribution in [3.63, 3.8) is 0 Å². The minimum absolute atomic E-state index is 0.0143. The molecule has 0 aliphatic carbocycles. The minimum atomic E-state index is -0.245. The van der Waals surface area contributed by atoms with E-state index in [9.17, 15) is 9.59 Å².